The van der Waals surface area contributed by atoms with E-state index in [0.29, 0.717) is 5.92 Å². The van der Waals surface area contributed by atoms with E-state index in [1.165, 1.54) is 0 Å². The maximum atomic E-state index is 11.1. The van der Waals surface area contributed by atoms with Gasteiger partial charge >= 0.3 is 0 Å². The minimum atomic E-state index is -3.34. The van der Waals surface area contributed by atoms with E-state index in [1.807, 2.05) is 6.08 Å². The number of allylic oxidation sites excluding steroid dienone is 2. The Morgan fingerprint density at radius 2 is 2.00 bits per heavy atom. The minimum Gasteiger partial charge on any atom is -0.212 e. The molecule has 0 aliphatic heterocycles. The van der Waals surface area contributed by atoms with Crippen LogP contribution in [0, 0.1) is 11.8 Å². The standard InChI is InChI=1S/C8H11ClO2S/c9-12(10,11)8-5-6-1-3-7(8)4-2-6/h1,3,6-8H,2,4-5H2. The number of rotatable bonds is 1. The molecule has 68 valence electrons. The Labute approximate surface area is 77.0 Å². The normalized spacial score (nSPS) is 40.2. The van der Waals surface area contributed by atoms with Crippen LogP contribution in [-0.2, 0) is 9.05 Å². The summed E-state index contributed by atoms with van der Waals surface area (Å²) in [6.45, 7) is 0. The first kappa shape index (κ1) is 8.57. The van der Waals surface area contributed by atoms with Gasteiger partial charge in [0.15, 0.2) is 0 Å². The third-order valence-corrected chi connectivity index (χ3v) is 4.83. The average molecular weight is 207 g/mol. The molecule has 4 heteroatoms. The maximum absolute atomic E-state index is 11.1. The second kappa shape index (κ2) is 2.74. The molecule has 3 atom stereocenters. The van der Waals surface area contributed by atoms with E-state index in [9.17, 15) is 8.42 Å². The van der Waals surface area contributed by atoms with Crippen LogP contribution in [0.25, 0.3) is 0 Å². The first-order valence-electron chi connectivity index (χ1n) is 4.19. The van der Waals surface area contributed by atoms with Gasteiger partial charge in [0.1, 0.15) is 0 Å². The highest BCUT2D eigenvalue weighted by Gasteiger charge is 2.38. The second-order valence-electron chi connectivity index (χ2n) is 3.64. The molecule has 3 unspecified atom stereocenters. The maximum Gasteiger partial charge on any atom is 0.236 e. The lowest BCUT2D eigenvalue weighted by Gasteiger charge is -2.35. The summed E-state index contributed by atoms with van der Waals surface area (Å²) in [6, 6.07) is 0. The zero-order chi connectivity index (χ0) is 8.77. The first-order valence-corrected chi connectivity index (χ1v) is 6.56. The molecule has 0 saturated heterocycles. The molecule has 12 heavy (non-hydrogen) atoms. The van der Waals surface area contributed by atoms with Crippen molar-refractivity contribution < 1.29 is 8.42 Å². The molecule has 0 heterocycles. The smallest absolute Gasteiger partial charge is 0.212 e. The van der Waals surface area contributed by atoms with Crippen molar-refractivity contribution in [2.75, 3.05) is 0 Å². The van der Waals surface area contributed by atoms with E-state index < -0.39 is 9.05 Å². The van der Waals surface area contributed by atoms with Crippen molar-refractivity contribution in [1.29, 1.82) is 0 Å². The van der Waals surface area contributed by atoms with E-state index >= 15 is 0 Å². The van der Waals surface area contributed by atoms with Crippen LogP contribution in [-0.4, -0.2) is 13.7 Å². The summed E-state index contributed by atoms with van der Waals surface area (Å²) in [6.07, 6.45) is 6.99. The first-order chi connectivity index (χ1) is 5.57. The SMILES string of the molecule is O=S(=O)(Cl)C1CC2C=CC1CC2. The Morgan fingerprint density at radius 3 is 2.25 bits per heavy atom. The molecular formula is C8H11ClO2S. The van der Waals surface area contributed by atoms with Crippen molar-refractivity contribution in [3.05, 3.63) is 12.2 Å². The van der Waals surface area contributed by atoms with Crippen LogP contribution in [0.4, 0.5) is 0 Å². The largest absolute Gasteiger partial charge is 0.236 e. The molecule has 2 bridgehead atoms. The molecule has 2 nitrogen and oxygen atoms in total. The lowest BCUT2D eigenvalue weighted by Crippen LogP contribution is -2.35. The minimum absolute atomic E-state index is 0.178. The van der Waals surface area contributed by atoms with Crippen LogP contribution in [0.3, 0.4) is 0 Å². The average Bonchev–Trinajstić information content (AvgIpc) is 2.05. The van der Waals surface area contributed by atoms with Gasteiger partial charge in [-0.15, -0.1) is 0 Å². The Bertz CT molecular complexity index is 307. The van der Waals surface area contributed by atoms with Gasteiger partial charge in [0, 0.05) is 10.7 Å². The van der Waals surface area contributed by atoms with Gasteiger partial charge in [-0.1, -0.05) is 12.2 Å². The second-order valence-corrected chi connectivity index (χ2v) is 6.48. The van der Waals surface area contributed by atoms with Crippen molar-refractivity contribution in [3.8, 4) is 0 Å². The molecule has 0 spiro atoms. The summed E-state index contributed by atoms with van der Waals surface area (Å²) in [7, 11) is 2.01. The van der Waals surface area contributed by atoms with E-state index in [1.54, 1.807) is 0 Å². The topological polar surface area (TPSA) is 34.1 Å². The van der Waals surface area contributed by atoms with Crippen LogP contribution in [0.2, 0.25) is 0 Å². The molecule has 0 amide bonds. The fourth-order valence-electron chi connectivity index (χ4n) is 2.20. The lowest BCUT2D eigenvalue weighted by molar-refractivity contribution is 0.331. The fourth-order valence-corrected chi connectivity index (χ4v) is 3.94. The van der Waals surface area contributed by atoms with E-state index in [0.717, 1.165) is 19.3 Å². The third kappa shape index (κ3) is 1.40. The van der Waals surface area contributed by atoms with Gasteiger partial charge in [-0.3, -0.25) is 0 Å². The van der Waals surface area contributed by atoms with Crippen LogP contribution >= 0.6 is 10.7 Å². The van der Waals surface area contributed by atoms with Crippen molar-refractivity contribution >= 4 is 19.7 Å². The van der Waals surface area contributed by atoms with E-state index in [2.05, 4.69) is 6.08 Å². The Morgan fingerprint density at radius 1 is 1.25 bits per heavy atom. The summed E-state index contributed by atoms with van der Waals surface area (Å²) in [5.41, 5.74) is 0. The molecule has 1 fully saturated rings. The number of hydrogen-bond acceptors (Lipinski definition) is 2. The quantitative estimate of drug-likeness (QED) is 0.485. The van der Waals surface area contributed by atoms with Gasteiger partial charge in [-0.2, -0.15) is 0 Å². The Balaban J connectivity index is 2.28. The van der Waals surface area contributed by atoms with Gasteiger partial charge in [0.25, 0.3) is 0 Å². The molecule has 1 saturated carbocycles. The number of hydrogen-bond donors (Lipinski definition) is 0. The van der Waals surface area contributed by atoms with Crippen LogP contribution in [0.1, 0.15) is 19.3 Å². The number of halogens is 1. The monoisotopic (exact) mass is 206 g/mol. The molecular weight excluding hydrogens is 196 g/mol. The van der Waals surface area contributed by atoms with Crippen LogP contribution in [0.5, 0.6) is 0 Å². The molecule has 0 aromatic heterocycles. The fraction of sp³-hybridized carbons (Fsp3) is 0.750. The van der Waals surface area contributed by atoms with Crippen molar-refractivity contribution in [3.63, 3.8) is 0 Å². The summed E-state index contributed by atoms with van der Waals surface area (Å²) >= 11 is 0. The van der Waals surface area contributed by atoms with Crippen LogP contribution < -0.4 is 0 Å². The van der Waals surface area contributed by atoms with Crippen LogP contribution in [0.15, 0.2) is 12.2 Å². The molecule has 3 rings (SSSR count). The predicted octanol–water partition coefficient (Wildman–Crippen LogP) is 1.91. The molecule has 0 aromatic rings. The predicted molar refractivity (Wildman–Crippen MR) is 48.5 cm³/mol. The van der Waals surface area contributed by atoms with Gasteiger partial charge in [-0.05, 0) is 31.1 Å². The number of fused-ring (bicyclic) bond motifs is 2. The van der Waals surface area contributed by atoms with Gasteiger partial charge in [0.2, 0.25) is 9.05 Å². The summed E-state index contributed by atoms with van der Waals surface area (Å²) in [5.74, 6) is 0.631. The summed E-state index contributed by atoms with van der Waals surface area (Å²) in [4.78, 5) is 0. The third-order valence-electron chi connectivity index (χ3n) is 2.88. The molecule has 3 aliphatic carbocycles. The Hall–Kier alpha value is -0.0200. The van der Waals surface area contributed by atoms with Gasteiger partial charge in [0.05, 0.1) is 5.25 Å². The molecule has 0 aromatic carbocycles. The molecule has 0 radical (unpaired) electrons. The highest BCUT2D eigenvalue weighted by molar-refractivity contribution is 8.14. The van der Waals surface area contributed by atoms with Gasteiger partial charge < -0.3 is 0 Å². The summed E-state index contributed by atoms with van der Waals surface area (Å²) < 4.78 is 22.2. The zero-order valence-electron chi connectivity index (χ0n) is 6.61. The zero-order valence-corrected chi connectivity index (χ0v) is 8.18. The lowest BCUT2D eigenvalue weighted by atomic mass is 9.76. The summed E-state index contributed by atoms with van der Waals surface area (Å²) in [5, 5.41) is -0.317. The van der Waals surface area contributed by atoms with Crippen molar-refractivity contribution in [2.45, 2.75) is 24.5 Å². The van der Waals surface area contributed by atoms with E-state index in [-0.39, 0.29) is 11.2 Å². The van der Waals surface area contributed by atoms with E-state index in [4.69, 9.17) is 10.7 Å². The van der Waals surface area contributed by atoms with Crippen molar-refractivity contribution in [2.24, 2.45) is 11.8 Å². The highest BCUT2D eigenvalue weighted by atomic mass is 35.7. The molecule has 3 aliphatic rings. The molecule has 0 N–H and O–H groups in total. The highest BCUT2D eigenvalue weighted by Crippen LogP contribution is 2.40. The Kier molecular flexibility index (Phi) is 1.96. The van der Waals surface area contributed by atoms with Crippen molar-refractivity contribution in [1.82, 2.24) is 0 Å². The van der Waals surface area contributed by atoms with Gasteiger partial charge in [-0.25, -0.2) is 8.42 Å².